The van der Waals surface area contributed by atoms with Gasteiger partial charge < -0.3 is 10.0 Å². The van der Waals surface area contributed by atoms with Crippen LogP contribution in [0.15, 0.2) is 0 Å². The summed E-state index contributed by atoms with van der Waals surface area (Å²) >= 11 is 0. The fourth-order valence-electron chi connectivity index (χ4n) is 3.31. The molecule has 2 heterocycles. The molecule has 2 rings (SSSR count). The third-order valence-corrected chi connectivity index (χ3v) is 4.46. The van der Waals surface area contributed by atoms with Gasteiger partial charge in [0.2, 0.25) is 5.91 Å². The number of amides is 1. The Labute approximate surface area is 135 Å². The van der Waals surface area contributed by atoms with Crippen molar-refractivity contribution in [1.82, 2.24) is 14.7 Å². The van der Waals surface area contributed by atoms with Gasteiger partial charge in [0.05, 0.1) is 11.5 Å². The van der Waals surface area contributed by atoms with Gasteiger partial charge in [-0.3, -0.25) is 19.6 Å². The van der Waals surface area contributed by atoms with Crippen LogP contribution in [0, 0.1) is 24.0 Å². The van der Waals surface area contributed by atoms with E-state index in [1.807, 2.05) is 4.90 Å². The number of aliphatic hydroxyl groups is 1. The molecule has 0 aliphatic carbocycles. The number of aromatic nitrogens is 2. The summed E-state index contributed by atoms with van der Waals surface area (Å²) in [5.74, 6) is 0.0562. The molecule has 1 aromatic heterocycles. The quantitative estimate of drug-likeness (QED) is 0.606. The third-order valence-electron chi connectivity index (χ3n) is 4.46. The Kier molecular flexibility index (Phi) is 5.70. The minimum absolute atomic E-state index is 0.0273. The van der Waals surface area contributed by atoms with E-state index in [9.17, 15) is 14.9 Å². The van der Waals surface area contributed by atoms with Crippen LogP contribution in [0.4, 0.5) is 5.69 Å². The number of rotatable bonds is 7. The molecule has 1 unspecified atom stereocenters. The van der Waals surface area contributed by atoms with Crippen LogP contribution < -0.4 is 0 Å². The van der Waals surface area contributed by atoms with Crippen molar-refractivity contribution in [3.63, 3.8) is 0 Å². The van der Waals surface area contributed by atoms with Gasteiger partial charge in [-0.15, -0.1) is 0 Å². The highest BCUT2D eigenvalue weighted by atomic mass is 16.6. The van der Waals surface area contributed by atoms with Crippen LogP contribution in [-0.4, -0.2) is 49.8 Å². The summed E-state index contributed by atoms with van der Waals surface area (Å²) in [5.41, 5.74) is 0.889. The predicted octanol–water partition coefficient (Wildman–Crippen LogP) is 1.56. The molecule has 1 amide bonds. The normalized spacial score (nSPS) is 17.7. The van der Waals surface area contributed by atoms with Gasteiger partial charge in [0.15, 0.2) is 0 Å². The van der Waals surface area contributed by atoms with Gasteiger partial charge in [0, 0.05) is 25.6 Å². The minimum Gasteiger partial charge on any atom is -0.396 e. The molecule has 0 spiro atoms. The lowest BCUT2D eigenvalue weighted by Gasteiger charge is -2.24. The lowest BCUT2D eigenvalue weighted by atomic mass is 10.1. The molecule has 128 valence electrons. The summed E-state index contributed by atoms with van der Waals surface area (Å²) in [6, 6.07) is 0.212. The first kappa shape index (κ1) is 17.4. The number of carbonyl (C=O) groups is 1. The van der Waals surface area contributed by atoms with Gasteiger partial charge in [-0.05, 0) is 39.5 Å². The number of hydrogen-bond donors (Lipinski definition) is 1. The third kappa shape index (κ3) is 3.87. The molecule has 1 N–H and O–H groups in total. The van der Waals surface area contributed by atoms with Gasteiger partial charge >= 0.3 is 5.69 Å². The van der Waals surface area contributed by atoms with E-state index in [1.165, 1.54) is 0 Å². The zero-order chi connectivity index (χ0) is 17.0. The van der Waals surface area contributed by atoms with Crippen molar-refractivity contribution in [3.8, 4) is 0 Å². The zero-order valence-electron chi connectivity index (χ0n) is 13.7. The molecule has 0 aromatic carbocycles. The molecule has 23 heavy (non-hydrogen) atoms. The van der Waals surface area contributed by atoms with E-state index in [2.05, 4.69) is 5.10 Å². The number of likely N-dealkylation sites (tertiary alicyclic amines) is 1. The Morgan fingerprint density at radius 3 is 2.83 bits per heavy atom. The molecule has 8 nitrogen and oxygen atoms in total. The first-order valence-corrected chi connectivity index (χ1v) is 8.04. The number of aryl methyl sites for hydroxylation is 2. The molecule has 1 fully saturated rings. The number of nitrogens with zero attached hydrogens (tertiary/aromatic N) is 4. The van der Waals surface area contributed by atoms with E-state index in [-0.39, 0.29) is 30.7 Å². The average Bonchev–Trinajstić information content (AvgIpc) is 3.07. The molecule has 1 atom stereocenters. The van der Waals surface area contributed by atoms with Crippen LogP contribution in [-0.2, 0) is 11.3 Å². The van der Waals surface area contributed by atoms with E-state index < -0.39 is 4.92 Å². The Morgan fingerprint density at radius 2 is 2.22 bits per heavy atom. The van der Waals surface area contributed by atoms with Crippen molar-refractivity contribution >= 4 is 11.6 Å². The number of hydrogen-bond acceptors (Lipinski definition) is 5. The second kappa shape index (κ2) is 7.54. The van der Waals surface area contributed by atoms with Crippen LogP contribution in [0.2, 0.25) is 0 Å². The van der Waals surface area contributed by atoms with Crippen LogP contribution in [0.5, 0.6) is 0 Å². The summed E-state index contributed by atoms with van der Waals surface area (Å²) < 4.78 is 1.55. The standard InChI is InChI=1S/C15H24N4O4/c1-11-15(19(22)23)12(2)18(16-11)9-7-14(21)17-8-3-5-13(17)6-4-10-20/h13,20H,3-10H2,1-2H3. The van der Waals surface area contributed by atoms with Crippen LogP contribution in [0.3, 0.4) is 0 Å². The van der Waals surface area contributed by atoms with Gasteiger partial charge in [0.25, 0.3) is 0 Å². The first-order valence-electron chi connectivity index (χ1n) is 8.04. The van der Waals surface area contributed by atoms with Gasteiger partial charge in [-0.1, -0.05) is 0 Å². The summed E-state index contributed by atoms with van der Waals surface area (Å²) in [6.45, 7) is 4.51. The van der Waals surface area contributed by atoms with Gasteiger partial charge in [-0.2, -0.15) is 5.10 Å². The zero-order valence-corrected chi connectivity index (χ0v) is 13.7. The topological polar surface area (TPSA) is 102 Å². The van der Waals surface area contributed by atoms with Crippen LogP contribution >= 0.6 is 0 Å². The second-order valence-corrected chi connectivity index (χ2v) is 6.00. The van der Waals surface area contributed by atoms with Gasteiger partial charge in [0.1, 0.15) is 11.4 Å². The fraction of sp³-hybridized carbons (Fsp3) is 0.733. The Morgan fingerprint density at radius 1 is 1.48 bits per heavy atom. The first-order chi connectivity index (χ1) is 11.0. The molecular formula is C15H24N4O4. The van der Waals surface area contributed by atoms with Crippen LogP contribution in [0.1, 0.15) is 43.5 Å². The number of nitro groups is 1. The van der Waals surface area contributed by atoms with E-state index in [1.54, 1.807) is 18.5 Å². The highest BCUT2D eigenvalue weighted by Crippen LogP contribution is 2.24. The monoisotopic (exact) mass is 324 g/mol. The van der Waals surface area contributed by atoms with Crippen molar-refractivity contribution in [2.24, 2.45) is 0 Å². The molecule has 0 radical (unpaired) electrons. The lowest BCUT2D eigenvalue weighted by Crippen LogP contribution is -2.36. The molecule has 1 aromatic rings. The van der Waals surface area contributed by atoms with E-state index in [4.69, 9.17) is 5.11 Å². The maximum absolute atomic E-state index is 12.4. The summed E-state index contributed by atoms with van der Waals surface area (Å²) in [6.07, 6.45) is 3.80. The molecular weight excluding hydrogens is 300 g/mol. The van der Waals surface area contributed by atoms with E-state index in [0.717, 1.165) is 25.8 Å². The van der Waals surface area contributed by atoms with Crippen LogP contribution in [0.25, 0.3) is 0 Å². The minimum atomic E-state index is -0.429. The van der Waals surface area contributed by atoms with Crippen molar-refractivity contribution in [2.75, 3.05) is 13.2 Å². The van der Waals surface area contributed by atoms with Crippen molar-refractivity contribution in [3.05, 3.63) is 21.5 Å². The number of carbonyl (C=O) groups excluding carboxylic acids is 1. The Hall–Kier alpha value is -1.96. The predicted molar refractivity (Wildman–Crippen MR) is 84.0 cm³/mol. The lowest BCUT2D eigenvalue weighted by molar-refractivity contribution is -0.386. The van der Waals surface area contributed by atoms with Crippen molar-refractivity contribution < 1.29 is 14.8 Å². The molecule has 0 saturated carbocycles. The maximum Gasteiger partial charge on any atom is 0.312 e. The largest absolute Gasteiger partial charge is 0.396 e. The van der Waals surface area contributed by atoms with E-state index in [0.29, 0.717) is 24.4 Å². The molecule has 0 bridgehead atoms. The number of aliphatic hydroxyl groups excluding tert-OH is 1. The summed E-state index contributed by atoms with van der Waals surface area (Å²) in [4.78, 5) is 24.9. The highest BCUT2D eigenvalue weighted by molar-refractivity contribution is 5.76. The fourth-order valence-corrected chi connectivity index (χ4v) is 3.31. The second-order valence-electron chi connectivity index (χ2n) is 6.00. The summed E-state index contributed by atoms with van der Waals surface area (Å²) in [7, 11) is 0. The maximum atomic E-state index is 12.4. The van der Waals surface area contributed by atoms with Crippen molar-refractivity contribution in [1.29, 1.82) is 0 Å². The van der Waals surface area contributed by atoms with Gasteiger partial charge in [-0.25, -0.2) is 0 Å². The average molecular weight is 324 g/mol. The molecule has 8 heteroatoms. The Bertz CT molecular complexity index is 584. The smallest absolute Gasteiger partial charge is 0.312 e. The Balaban J connectivity index is 1.97. The van der Waals surface area contributed by atoms with E-state index >= 15 is 0 Å². The molecule has 1 aliphatic heterocycles. The molecule has 1 aliphatic rings. The molecule has 1 saturated heterocycles. The highest BCUT2D eigenvalue weighted by Gasteiger charge is 2.28. The van der Waals surface area contributed by atoms with Crippen molar-refractivity contribution in [2.45, 2.75) is 58.5 Å². The SMILES string of the molecule is Cc1nn(CCC(=O)N2CCCC2CCCO)c(C)c1[N+](=O)[O-]. The summed E-state index contributed by atoms with van der Waals surface area (Å²) in [5, 5.41) is 24.1.